The summed E-state index contributed by atoms with van der Waals surface area (Å²) in [6, 6.07) is 9.59. The molecule has 0 unspecified atom stereocenters. The summed E-state index contributed by atoms with van der Waals surface area (Å²) in [7, 11) is 0. The van der Waals surface area contributed by atoms with E-state index >= 15 is 0 Å². The van der Waals surface area contributed by atoms with Crippen molar-refractivity contribution < 1.29 is 18.5 Å². The lowest BCUT2D eigenvalue weighted by atomic mass is 10.0. The van der Waals surface area contributed by atoms with Crippen molar-refractivity contribution in [2.24, 2.45) is 0 Å². The largest absolute Gasteiger partial charge is 0.441 e. The maximum atomic E-state index is 12.2. The lowest BCUT2D eigenvalue weighted by Crippen LogP contribution is -2.34. The van der Waals surface area contributed by atoms with Crippen molar-refractivity contribution in [3.8, 4) is 11.5 Å². The minimum absolute atomic E-state index is 0.0236. The second-order valence-electron chi connectivity index (χ2n) is 7.12. The average molecular weight is 396 g/mol. The lowest BCUT2D eigenvalue weighted by Gasteiger charge is -2.04. The van der Waals surface area contributed by atoms with Gasteiger partial charge in [0, 0.05) is 11.6 Å². The highest BCUT2D eigenvalue weighted by Gasteiger charge is 2.16. The van der Waals surface area contributed by atoms with Crippen LogP contribution in [0.25, 0.3) is 11.5 Å². The first kappa shape index (κ1) is 20.3. The predicted octanol–water partition coefficient (Wildman–Crippen LogP) is 3.37. The van der Waals surface area contributed by atoms with Crippen LogP contribution in [-0.4, -0.2) is 28.5 Å². The van der Waals surface area contributed by atoms with Crippen LogP contribution < -0.4 is 10.6 Å². The molecule has 0 bridgehead atoms. The fourth-order valence-electron chi connectivity index (χ4n) is 2.73. The number of nitrogens with one attached hydrogen (secondary N) is 2. The Bertz CT molecular complexity index is 1000. The number of hydrogen-bond donors (Lipinski definition) is 2. The van der Waals surface area contributed by atoms with Crippen LogP contribution >= 0.6 is 0 Å². The first-order valence-corrected chi connectivity index (χ1v) is 9.38. The lowest BCUT2D eigenvalue weighted by molar-refractivity contribution is -0.123. The summed E-state index contributed by atoms with van der Waals surface area (Å²) < 4.78 is 10.6. The topological polar surface area (TPSA) is 110 Å². The van der Waals surface area contributed by atoms with E-state index in [0.29, 0.717) is 34.8 Å². The molecule has 0 saturated carbocycles. The van der Waals surface area contributed by atoms with Crippen LogP contribution in [0, 0.1) is 13.8 Å². The average Bonchev–Trinajstić information content (AvgIpc) is 3.25. The third-order valence-electron chi connectivity index (χ3n) is 4.39. The van der Waals surface area contributed by atoms with Crippen molar-refractivity contribution in [1.82, 2.24) is 15.5 Å². The van der Waals surface area contributed by atoms with Gasteiger partial charge in [-0.25, -0.2) is 4.98 Å². The summed E-state index contributed by atoms with van der Waals surface area (Å²) in [5.74, 6) is 1.66. The Morgan fingerprint density at radius 2 is 1.83 bits per heavy atom. The highest BCUT2D eigenvalue weighted by atomic mass is 16.5. The number of nitrogens with zero attached hydrogens (tertiary/aromatic N) is 2. The molecule has 3 rings (SSSR count). The Morgan fingerprint density at radius 3 is 2.45 bits per heavy atom. The minimum Gasteiger partial charge on any atom is -0.441 e. The fraction of sp³-hybridized carbons (Fsp3) is 0.333. The van der Waals surface area contributed by atoms with Crippen molar-refractivity contribution in [3.63, 3.8) is 0 Å². The number of aromatic nitrogens is 2. The van der Waals surface area contributed by atoms with E-state index in [0.717, 1.165) is 5.56 Å². The number of oxazole rings is 1. The molecule has 152 valence electrons. The normalized spacial score (nSPS) is 10.9. The molecule has 0 atom stereocenters. The molecular formula is C21H24N4O4. The van der Waals surface area contributed by atoms with Gasteiger partial charge in [0.15, 0.2) is 5.82 Å². The van der Waals surface area contributed by atoms with Gasteiger partial charge in [-0.3, -0.25) is 9.59 Å². The molecule has 0 radical (unpaired) electrons. The van der Waals surface area contributed by atoms with Gasteiger partial charge in [0.05, 0.1) is 18.7 Å². The predicted molar refractivity (Wildman–Crippen MR) is 107 cm³/mol. The van der Waals surface area contributed by atoms with Gasteiger partial charge in [-0.1, -0.05) is 31.1 Å². The van der Waals surface area contributed by atoms with Crippen molar-refractivity contribution in [3.05, 3.63) is 53.1 Å². The van der Waals surface area contributed by atoms with Gasteiger partial charge in [0.25, 0.3) is 0 Å². The van der Waals surface area contributed by atoms with Crippen molar-refractivity contribution in [1.29, 1.82) is 0 Å². The quantitative estimate of drug-likeness (QED) is 0.634. The fourth-order valence-corrected chi connectivity index (χ4v) is 2.73. The van der Waals surface area contributed by atoms with Gasteiger partial charge in [-0.05, 0) is 37.5 Å². The van der Waals surface area contributed by atoms with Gasteiger partial charge < -0.3 is 19.6 Å². The summed E-state index contributed by atoms with van der Waals surface area (Å²) in [5.41, 5.74) is 2.63. The SMILES string of the molecule is Cc1cc(NC(=O)CNC(=O)Cc2nc(-c3ccc(C(C)C)cc3)oc2C)no1. The van der Waals surface area contributed by atoms with E-state index in [1.165, 1.54) is 5.56 Å². The molecule has 0 aliphatic carbocycles. The van der Waals surface area contributed by atoms with Crippen LogP contribution in [0.1, 0.15) is 42.5 Å². The van der Waals surface area contributed by atoms with E-state index in [9.17, 15) is 9.59 Å². The smallest absolute Gasteiger partial charge is 0.245 e. The Morgan fingerprint density at radius 1 is 1.10 bits per heavy atom. The number of amides is 2. The summed E-state index contributed by atoms with van der Waals surface area (Å²) in [5, 5.41) is 8.77. The molecule has 2 heterocycles. The minimum atomic E-state index is -0.394. The van der Waals surface area contributed by atoms with E-state index in [1.54, 1.807) is 19.9 Å². The van der Waals surface area contributed by atoms with Crippen LogP contribution in [-0.2, 0) is 16.0 Å². The summed E-state index contributed by atoms with van der Waals surface area (Å²) in [6.07, 6.45) is 0.0236. The molecule has 0 spiro atoms. The summed E-state index contributed by atoms with van der Waals surface area (Å²) >= 11 is 0. The number of benzene rings is 1. The Hall–Kier alpha value is -3.42. The Labute approximate surface area is 168 Å². The maximum absolute atomic E-state index is 12.2. The third kappa shape index (κ3) is 5.31. The molecule has 29 heavy (non-hydrogen) atoms. The van der Waals surface area contributed by atoms with Crippen LogP contribution in [0.4, 0.5) is 5.82 Å². The second-order valence-corrected chi connectivity index (χ2v) is 7.12. The van der Waals surface area contributed by atoms with E-state index in [4.69, 9.17) is 8.94 Å². The first-order chi connectivity index (χ1) is 13.8. The zero-order chi connectivity index (χ0) is 21.0. The number of anilines is 1. The number of rotatable bonds is 7. The highest BCUT2D eigenvalue weighted by molar-refractivity contribution is 5.94. The zero-order valence-corrected chi connectivity index (χ0v) is 16.9. The number of hydrogen-bond acceptors (Lipinski definition) is 6. The van der Waals surface area contributed by atoms with Gasteiger partial charge in [0.1, 0.15) is 11.5 Å². The molecule has 3 aromatic rings. The summed E-state index contributed by atoms with van der Waals surface area (Å²) in [6.45, 7) is 7.58. The number of carbonyl (C=O) groups is 2. The Kier molecular flexibility index (Phi) is 6.11. The molecule has 0 fully saturated rings. The van der Waals surface area contributed by atoms with Crippen molar-refractivity contribution >= 4 is 17.6 Å². The van der Waals surface area contributed by atoms with E-state index in [1.807, 2.05) is 24.3 Å². The van der Waals surface area contributed by atoms with E-state index in [-0.39, 0.29) is 18.9 Å². The third-order valence-corrected chi connectivity index (χ3v) is 4.39. The second kappa shape index (κ2) is 8.72. The molecule has 0 aliphatic rings. The monoisotopic (exact) mass is 396 g/mol. The van der Waals surface area contributed by atoms with Gasteiger partial charge in [-0.15, -0.1) is 0 Å². The molecular weight excluding hydrogens is 372 g/mol. The summed E-state index contributed by atoms with van der Waals surface area (Å²) in [4.78, 5) is 28.5. The first-order valence-electron chi connectivity index (χ1n) is 9.38. The standard InChI is InChI=1S/C21H24N4O4/c1-12(2)15-5-7-16(8-6-15)21-23-17(14(4)28-21)10-19(26)22-11-20(27)24-18-9-13(3)29-25-18/h5-9,12H,10-11H2,1-4H3,(H,22,26)(H,24,25,27). The number of aryl methyl sites for hydroxylation is 2. The van der Waals surface area contributed by atoms with Crippen LogP contribution in [0.3, 0.4) is 0 Å². The van der Waals surface area contributed by atoms with Crippen LogP contribution in [0.5, 0.6) is 0 Å². The van der Waals surface area contributed by atoms with Crippen molar-refractivity contribution in [2.45, 2.75) is 40.0 Å². The van der Waals surface area contributed by atoms with Crippen LogP contribution in [0.2, 0.25) is 0 Å². The molecule has 0 aliphatic heterocycles. The zero-order valence-electron chi connectivity index (χ0n) is 16.9. The molecule has 0 saturated heterocycles. The van der Waals surface area contributed by atoms with Gasteiger partial charge in [0.2, 0.25) is 17.7 Å². The maximum Gasteiger partial charge on any atom is 0.245 e. The van der Waals surface area contributed by atoms with Crippen LogP contribution in [0.15, 0.2) is 39.3 Å². The van der Waals surface area contributed by atoms with Gasteiger partial charge >= 0.3 is 0 Å². The van der Waals surface area contributed by atoms with Gasteiger partial charge in [-0.2, -0.15) is 0 Å². The molecule has 8 heteroatoms. The van der Waals surface area contributed by atoms with E-state index < -0.39 is 5.91 Å². The molecule has 8 nitrogen and oxygen atoms in total. The van der Waals surface area contributed by atoms with Crippen molar-refractivity contribution in [2.75, 3.05) is 11.9 Å². The molecule has 2 N–H and O–H groups in total. The molecule has 2 amide bonds. The number of carbonyl (C=O) groups excluding carboxylic acids is 2. The highest BCUT2D eigenvalue weighted by Crippen LogP contribution is 2.24. The van der Waals surface area contributed by atoms with E-state index in [2.05, 4.69) is 34.6 Å². The molecule has 2 aromatic heterocycles. The Balaban J connectivity index is 1.56. The molecule has 1 aromatic carbocycles.